The normalized spacial score (nSPS) is 10.7. The summed E-state index contributed by atoms with van der Waals surface area (Å²) in [5, 5.41) is 6.88. The summed E-state index contributed by atoms with van der Waals surface area (Å²) in [5.74, 6) is -0.299. The average Bonchev–Trinajstić information content (AvgIpc) is 3.15. The molecule has 27 heavy (non-hydrogen) atoms. The minimum Gasteiger partial charge on any atom is -0.368 e. The van der Waals surface area contributed by atoms with Gasteiger partial charge in [-0.3, -0.25) is 4.98 Å². The Morgan fingerprint density at radius 3 is 2.74 bits per heavy atom. The summed E-state index contributed by atoms with van der Waals surface area (Å²) in [4.78, 5) is 20.4. The maximum absolute atomic E-state index is 13.9. The molecule has 4 aromatic rings. The van der Waals surface area contributed by atoms with Gasteiger partial charge in [0, 0.05) is 11.2 Å². The van der Waals surface area contributed by atoms with Crippen molar-refractivity contribution < 1.29 is 8.91 Å². The van der Waals surface area contributed by atoms with Crippen LogP contribution in [0.3, 0.4) is 0 Å². The first-order valence-electron chi connectivity index (χ1n) is 7.57. The maximum atomic E-state index is 13.9. The van der Waals surface area contributed by atoms with Crippen molar-refractivity contribution in [3.8, 4) is 23.2 Å². The standard InChI is InChI=1S/C16H10ClFN8O/c17-8-4-5-9(18)11(7-8)21-16-24-12(23-15(19)25-16)13-22-14(27-26-13)10-3-1-2-6-20-10/h1-7H,(H3,19,21,23,24,25). The van der Waals surface area contributed by atoms with Gasteiger partial charge in [0.25, 0.3) is 5.89 Å². The first kappa shape index (κ1) is 16.8. The van der Waals surface area contributed by atoms with E-state index >= 15 is 0 Å². The van der Waals surface area contributed by atoms with E-state index in [1.165, 1.54) is 18.2 Å². The summed E-state index contributed by atoms with van der Waals surface area (Å²) in [6.45, 7) is 0. The Bertz CT molecular complexity index is 1100. The molecule has 0 aliphatic carbocycles. The number of hydrogen-bond acceptors (Lipinski definition) is 9. The van der Waals surface area contributed by atoms with E-state index in [4.69, 9.17) is 21.9 Å². The van der Waals surface area contributed by atoms with Crippen molar-refractivity contribution in [1.29, 1.82) is 0 Å². The average molecular weight is 385 g/mol. The molecule has 0 saturated heterocycles. The molecule has 0 aliphatic rings. The Hall–Kier alpha value is -3.66. The van der Waals surface area contributed by atoms with Crippen LogP contribution in [0.2, 0.25) is 5.02 Å². The zero-order chi connectivity index (χ0) is 18.8. The third-order valence-corrected chi connectivity index (χ3v) is 3.57. The monoisotopic (exact) mass is 384 g/mol. The van der Waals surface area contributed by atoms with E-state index in [1.807, 2.05) is 0 Å². The molecular weight excluding hydrogens is 375 g/mol. The van der Waals surface area contributed by atoms with Gasteiger partial charge >= 0.3 is 0 Å². The zero-order valence-corrected chi connectivity index (χ0v) is 14.2. The number of aromatic nitrogens is 6. The fraction of sp³-hybridized carbons (Fsp3) is 0. The number of nitrogens with zero attached hydrogens (tertiary/aromatic N) is 6. The van der Waals surface area contributed by atoms with Crippen LogP contribution in [0.4, 0.5) is 22.0 Å². The highest BCUT2D eigenvalue weighted by Crippen LogP contribution is 2.24. The number of nitrogens with one attached hydrogen (secondary N) is 1. The second-order valence-electron chi connectivity index (χ2n) is 5.23. The van der Waals surface area contributed by atoms with Crippen LogP contribution in [0.25, 0.3) is 23.2 Å². The zero-order valence-electron chi connectivity index (χ0n) is 13.5. The van der Waals surface area contributed by atoms with E-state index in [2.05, 4.69) is 35.4 Å². The summed E-state index contributed by atoms with van der Waals surface area (Å²) in [5.41, 5.74) is 6.30. The molecule has 0 amide bonds. The summed E-state index contributed by atoms with van der Waals surface area (Å²) < 4.78 is 19.1. The third kappa shape index (κ3) is 3.65. The van der Waals surface area contributed by atoms with Gasteiger partial charge < -0.3 is 15.6 Å². The van der Waals surface area contributed by atoms with Crippen LogP contribution >= 0.6 is 11.6 Å². The van der Waals surface area contributed by atoms with Gasteiger partial charge in [-0.25, -0.2) is 4.39 Å². The summed E-state index contributed by atoms with van der Waals surface area (Å²) >= 11 is 5.88. The third-order valence-electron chi connectivity index (χ3n) is 3.34. The predicted octanol–water partition coefficient (Wildman–Crippen LogP) is 3.10. The molecule has 0 fully saturated rings. The quantitative estimate of drug-likeness (QED) is 0.545. The van der Waals surface area contributed by atoms with E-state index in [9.17, 15) is 4.39 Å². The first-order chi connectivity index (χ1) is 13.1. The SMILES string of the molecule is Nc1nc(Nc2cc(Cl)ccc2F)nc(-c2noc(-c3ccccn3)n2)n1. The van der Waals surface area contributed by atoms with Gasteiger partial charge in [-0.15, -0.1) is 0 Å². The van der Waals surface area contributed by atoms with E-state index in [0.717, 1.165) is 0 Å². The maximum Gasteiger partial charge on any atom is 0.276 e. The number of hydrogen-bond donors (Lipinski definition) is 2. The molecule has 9 nitrogen and oxygen atoms in total. The molecule has 3 heterocycles. The highest BCUT2D eigenvalue weighted by Gasteiger charge is 2.16. The van der Waals surface area contributed by atoms with E-state index in [1.54, 1.807) is 24.4 Å². The number of pyridine rings is 1. The molecule has 0 aliphatic heterocycles. The van der Waals surface area contributed by atoms with Crippen molar-refractivity contribution in [3.63, 3.8) is 0 Å². The van der Waals surface area contributed by atoms with Crippen LogP contribution in [0.5, 0.6) is 0 Å². The molecule has 0 saturated carbocycles. The van der Waals surface area contributed by atoms with Crippen LogP contribution in [-0.2, 0) is 0 Å². The fourth-order valence-electron chi connectivity index (χ4n) is 2.17. The van der Waals surface area contributed by atoms with Crippen LogP contribution in [0, 0.1) is 5.82 Å². The molecule has 11 heteroatoms. The van der Waals surface area contributed by atoms with Gasteiger partial charge in [0.1, 0.15) is 11.5 Å². The number of rotatable bonds is 4. The fourth-order valence-corrected chi connectivity index (χ4v) is 2.34. The lowest BCUT2D eigenvalue weighted by Crippen LogP contribution is -2.06. The van der Waals surface area contributed by atoms with Gasteiger partial charge in [-0.1, -0.05) is 22.8 Å². The Morgan fingerprint density at radius 2 is 1.93 bits per heavy atom. The lowest BCUT2D eigenvalue weighted by Gasteiger charge is -2.07. The molecule has 3 N–H and O–H groups in total. The predicted molar refractivity (Wildman–Crippen MR) is 95.5 cm³/mol. The van der Waals surface area contributed by atoms with Crippen LogP contribution in [0.15, 0.2) is 47.1 Å². The number of nitrogen functional groups attached to an aromatic ring is 1. The van der Waals surface area contributed by atoms with Gasteiger partial charge in [-0.05, 0) is 30.3 Å². The lowest BCUT2D eigenvalue weighted by molar-refractivity contribution is 0.430. The number of anilines is 3. The summed E-state index contributed by atoms with van der Waals surface area (Å²) in [6.07, 6.45) is 1.60. The van der Waals surface area contributed by atoms with E-state index in [0.29, 0.717) is 10.7 Å². The minimum absolute atomic E-state index is 0.00264. The van der Waals surface area contributed by atoms with Crippen molar-refractivity contribution in [2.45, 2.75) is 0 Å². The van der Waals surface area contributed by atoms with E-state index < -0.39 is 5.82 Å². The number of halogens is 2. The van der Waals surface area contributed by atoms with Gasteiger partial charge in [0.05, 0.1) is 5.69 Å². The van der Waals surface area contributed by atoms with Crippen LogP contribution in [0.1, 0.15) is 0 Å². The molecule has 4 rings (SSSR count). The molecule has 1 aromatic carbocycles. The Kier molecular flexibility index (Phi) is 4.30. The smallest absolute Gasteiger partial charge is 0.276 e. The summed E-state index contributed by atoms with van der Waals surface area (Å²) in [7, 11) is 0. The van der Waals surface area contributed by atoms with Crippen LogP contribution in [-0.4, -0.2) is 30.1 Å². The van der Waals surface area contributed by atoms with Crippen molar-refractivity contribution in [2.24, 2.45) is 0 Å². The van der Waals surface area contributed by atoms with Crippen molar-refractivity contribution >= 4 is 29.2 Å². The second kappa shape index (κ2) is 6.92. The Balaban J connectivity index is 1.67. The first-order valence-corrected chi connectivity index (χ1v) is 7.95. The van der Waals surface area contributed by atoms with Gasteiger partial charge in [-0.2, -0.15) is 19.9 Å². The van der Waals surface area contributed by atoms with Crippen molar-refractivity contribution in [2.75, 3.05) is 11.1 Å². The van der Waals surface area contributed by atoms with Gasteiger partial charge in [0.15, 0.2) is 0 Å². The molecule has 0 atom stereocenters. The number of benzene rings is 1. The number of nitrogens with two attached hydrogens (primary N) is 1. The van der Waals surface area contributed by atoms with E-state index in [-0.39, 0.29) is 35.1 Å². The van der Waals surface area contributed by atoms with Gasteiger partial charge in [0.2, 0.25) is 23.5 Å². The van der Waals surface area contributed by atoms with Crippen molar-refractivity contribution in [3.05, 3.63) is 53.4 Å². The van der Waals surface area contributed by atoms with Crippen LogP contribution < -0.4 is 11.1 Å². The topological polar surface area (TPSA) is 129 Å². The largest absolute Gasteiger partial charge is 0.368 e. The summed E-state index contributed by atoms with van der Waals surface area (Å²) in [6, 6.07) is 9.30. The highest BCUT2D eigenvalue weighted by molar-refractivity contribution is 6.30. The molecule has 0 bridgehead atoms. The molecule has 0 radical (unpaired) electrons. The second-order valence-corrected chi connectivity index (χ2v) is 5.66. The Morgan fingerprint density at radius 1 is 1.04 bits per heavy atom. The molecule has 0 spiro atoms. The molecule has 3 aromatic heterocycles. The molecular formula is C16H10ClFN8O. The Labute approximate surface area is 156 Å². The lowest BCUT2D eigenvalue weighted by atomic mass is 10.3. The molecule has 134 valence electrons. The molecule has 0 unspecified atom stereocenters. The highest BCUT2D eigenvalue weighted by atomic mass is 35.5. The van der Waals surface area contributed by atoms with Crippen molar-refractivity contribution in [1.82, 2.24) is 30.1 Å². The minimum atomic E-state index is -0.531.